The largest absolute Gasteiger partial charge is 0.379 e. The fourth-order valence-electron chi connectivity index (χ4n) is 2.76. The molecule has 0 aromatic heterocycles. The lowest BCUT2D eigenvalue weighted by molar-refractivity contribution is 0.613. The topological polar surface area (TPSA) is 24.1 Å². The van der Waals surface area contributed by atoms with Crippen molar-refractivity contribution in [1.82, 2.24) is 5.32 Å². The molecule has 2 aromatic carbocycles. The predicted octanol–water partition coefficient (Wildman–Crippen LogP) is 4.20. The quantitative estimate of drug-likeness (QED) is 0.874. The van der Waals surface area contributed by atoms with Crippen LogP contribution in [0.5, 0.6) is 0 Å². The predicted molar refractivity (Wildman–Crippen MR) is 92.7 cm³/mol. The van der Waals surface area contributed by atoms with Crippen LogP contribution in [0.3, 0.4) is 0 Å². The summed E-state index contributed by atoms with van der Waals surface area (Å²) in [5.74, 6) is -0.190. The van der Waals surface area contributed by atoms with Crippen LogP contribution in [-0.2, 0) is 19.4 Å². The smallest absolute Gasteiger partial charge is 0.128 e. The van der Waals surface area contributed by atoms with E-state index < -0.39 is 0 Å². The van der Waals surface area contributed by atoms with Gasteiger partial charge in [-0.25, -0.2) is 4.39 Å². The molecule has 0 bridgehead atoms. The first-order chi connectivity index (χ1) is 10.3. The van der Waals surface area contributed by atoms with Crippen LogP contribution < -0.4 is 10.6 Å². The number of fused-ring (bicyclic) bond motifs is 1. The molecule has 118 valence electrons. The molecule has 1 aliphatic heterocycles. The number of benzene rings is 2. The Bertz CT molecular complexity index is 647. The van der Waals surface area contributed by atoms with Gasteiger partial charge in [0.2, 0.25) is 0 Å². The Morgan fingerprint density at radius 2 is 1.86 bits per heavy atom. The van der Waals surface area contributed by atoms with Gasteiger partial charge in [0, 0.05) is 12.1 Å². The zero-order valence-electron chi connectivity index (χ0n) is 12.2. The Kier molecular flexibility index (Phi) is 6.07. The maximum Gasteiger partial charge on any atom is 0.128 e. The van der Waals surface area contributed by atoms with Crippen molar-refractivity contribution < 1.29 is 4.39 Å². The molecular formula is C17H19Cl2FN2. The van der Waals surface area contributed by atoms with Crippen LogP contribution in [-0.4, -0.2) is 13.1 Å². The zero-order valence-corrected chi connectivity index (χ0v) is 13.7. The van der Waals surface area contributed by atoms with E-state index >= 15 is 0 Å². The second-order valence-corrected chi connectivity index (χ2v) is 5.66. The minimum atomic E-state index is -0.190. The molecule has 0 spiro atoms. The second kappa shape index (κ2) is 7.82. The first-order valence-electron chi connectivity index (χ1n) is 7.24. The van der Waals surface area contributed by atoms with Crippen LogP contribution >= 0.6 is 24.0 Å². The van der Waals surface area contributed by atoms with Crippen LogP contribution in [0.15, 0.2) is 36.4 Å². The van der Waals surface area contributed by atoms with Gasteiger partial charge in [0.25, 0.3) is 0 Å². The highest BCUT2D eigenvalue weighted by Crippen LogP contribution is 2.31. The van der Waals surface area contributed by atoms with E-state index in [0.29, 0.717) is 17.1 Å². The van der Waals surface area contributed by atoms with E-state index in [0.717, 1.165) is 31.6 Å². The van der Waals surface area contributed by atoms with Crippen molar-refractivity contribution in [1.29, 1.82) is 0 Å². The highest BCUT2D eigenvalue weighted by molar-refractivity contribution is 6.33. The Morgan fingerprint density at radius 3 is 2.68 bits per heavy atom. The van der Waals surface area contributed by atoms with Crippen molar-refractivity contribution in [2.45, 2.75) is 19.4 Å². The molecule has 0 amide bonds. The van der Waals surface area contributed by atoms with Crippen molar-refractivity contribution in [2.75, 3.05) is 18.4 Å². The SMILES string of the molecule is Cl.Fc1ccccc1CNc1c(Cl)ccc2c1CCNCC2. The van der Waals surface area contributed by atoms with E-state index in [1.165, 1.54) is 17.2 Å². The summed E-state index contributed by atoms with van der Waals surface area (Å²) in [6, 6.07) is 10.8. The molecular weight excluding hydrogens is 322 g/mol. The molecule has 1 heterocycles. The summed E-state index contributed by atoms with van der Waals surface area (Å²) in [5, 5.41) is 7.42. The Labute approximate surface area is 141 Å². The normalized spacial score (nSPS) is 13.7. The van der Waals surface area contributed by atoms with Gasteiger partial charge >= 0.3 is 0 Å². The Morgan fingerprint density at radius 1 is 1.09 bits per heavy atom. The van der Waals surface area contributed by atoms with Gasteiger partial charge in [0.05, 0.1) is 10.7 Å². The molecule has 22 heavy (non-hydrogen) atoms. The molecule has 2 aromatic rings. The first-order valence-corrected chi connectivity index (χ1v) is 7.62. The number of halogens is 3. The summed E-state index contributed by atoms with van der Waals surface area (Å²) in [6.45, 7) is 2.37. The average molecular weight is 341 g/mol. The maximum absolute atomic E-state index is 13.7. The lowest BCUT2D eigenvalue weighted by Crippen LogP contribution is -2.16. The summed E-state index contributed by atoms with van der Waals surface area (Å²) in [4.78, 5) is 0. The standard InChI is InChI=1S/C17H18ClFN2.ClH/c18-15-6-5-12-7-9-20-10-8-14(12)17(15)21-11-13-3-1-2-4-16(13)19;/h1-6,20-21H,7-11H2;1H. The molecule has 2 nitrogen and oxygen atoms in total. The lowest BCUT2D eigenvalue weighted by Gasteiger charge is -2.16. The number of hydrogen-bond acceptors (Lipinski definition) is 2. The molecule has 0 atom stereocenters. The van der Waals surface area contributed by atoms with Crippen LogP contribution in [0.25, 0.3) is 0 Å². The Balaban J connectivity index is 0.00000176. The zero-order chi connectivity index (χ0) is 14.7. The fraction of sp³-hybridized carbons (Fsp3) is 0.294. The van der Waals surface area contributed by atoms with Crippen LogP contribution in [0.2, 0.25) is 5.02 Å². The van der Waals surface area contributed by atoms with Gasteiger partial charge < -0.3 is 10.6 Å². The van der Waals surface area contributed by atoms with E-state index in [9.17, 15) is 4.39 Å². The van der Waals surface area contributed by atoms with Crippen molar-refractivity contribution >= 4 is 29.7 Å². The summed E-state index contributed by atoms with van der Waals surface area (Å²) in [6.07, 6.45) is 1.94. The van der Waals surface area contributed by atoms with Crippen LogP contribution in [0, 0.1) is 5.82 Å². The monoisotopic (exact) mass is 340 g/mol. The number of nitrogens with one attached hydrogen (secondary N) is 2. The van der Waals surface area contributed by atoms with E-state index in [-0.39, 0.29) is 18.2 Å². The van der Waals surface area contributed by atoms with Crippen molar-refractivity contribution in [3.63, 3.8) is 0 Å². The minimum Gasteiger partial charge on any atom is -0.379 e. The summed E-state index contributed by atoms with van der Waals surface area (Å²) in [5.41, 5.74) is 4.17. The van der Waals surface area contributed by atoms with E-state index in [2.05, 4.69) is 16.7 Å². The van der Waals surface area contributed by atoms with E-state index in [4.69, 9.17) is 11.6 Å². The van der Waals surface area contributed by atoms with Crippen molar-refractivity contribution in [3.8, 4) is 0 Å². The summed E-state index contributed by atoms with van der Waals surface area (Å²) >= 11 is 6.34. The molecule has 1 aliphatic rings. The van der Waals surface area contributed by atoms with Gasteiger partial charge in [0.1, 0.15) is 5.82 Å². The van der Waals surface area contributed by atoms with Gasteiger partial charge in [-0.1, -0.05) is 35.9 Å². The highest BCUT2D eigenvalue weighted by atomic mass is 35.5. The number of rotatable bonds is 3. The molecule has 0 aliphatic carbocycles. The third-order valence-electron chi connectivity index (χ3n) is 3.90. The van der Waals surface area contributed by atoms with Gasteiger partial charge in [-0.05, 0) is 49.2 Å². The summed E-state index contributed by atoms with van der Waals surface area (Å²) in [7, 11) is 0. The number of anilines is 1. The molecule has 0 fully saturated rings. The van der Waals surface area contributed by atoms with Gasteiger partial charge in [0.15, 0.2) is 0 Å². The number of hydrogen-bond donors (Lipinski definition) is 2. The Hall–Kier alpha value is -1.29. The molecule has 0 saturated carbocycles. The average Bonchev–Trinajstić information content (AvgIpc) is 2.73. The van der Waals surface area contributed by atoms with Crippen LogP contribution in [0.4, 0.5) is 10.1 Å². The minimum absolute atomic E-state index is 0. The fourth-order valence-corrected chi connectivity index (χ4v) is 3.00. The van der Waals surface area contributed by atoms with E-state index in [1.807, 2.05) is 12.1 Å². The third-order valence-corrected chi connectivity index (χ3v) is 4.21. The molecule has 3 rings (SSSR count). The molecule has 5 heteroatoms. The van der Waals surface area contributed by atoms with Gasteiger partial charge in [-0.2, -0.15) is 0 Å². The lowest BCUT2D eigenvalue weighted by atomic mass is 10.0. The molecule has 0 saturated heterocycles. The van der Waals surface area contributed by atoms with Crippen LogP contribution in [0.1, 0.15) is 16.7 Å². The molecule has 0 unspecified atom stereocenters. The van der Waals surface area contributed by atoms with Gasteiger partial charge in [-0.3, -0.25) is 0 Å². The van der Waals surface area contributed by atoms with Crippen molar-refractivity contribution in [3.05, 3.63) is 63.9 Å². The first kappa shape index (κ1) is 17.1. The highest BCUT2D eigenvalue weighted by Gasteiger charge is 2.14. The van der Waals surface area contributed by atoms with Gasteiger partial charge in [-0.15, -0.1) is 12.4 Å². The summed E-state index contributed by atoms with van der Waals surface area (Å²) < 4.78 is 13.7. The van der Waals surface area contributed by atoms with E-state index in [1.54, 1.807) is 12.1 Å². The second-order valence-electron chi connectivity index (χ2n) is 5.26. The molecule has 0 radical (unpaired) electrons. The molecule has 2 N–H and O–H groups in total. The maximum atomic E-state index is 13.7. The van der Waals surface area contributed by atoms with Crippen molar-refractivity contribution in [2.24, 2.45) is 0 Å². The third kappa shape index (κ3) is 3.72.